The molecule has 1 fully saturated rings. The zero-order valence-electron chi connectivity index (χ0n) is 11.1. The Morgan fingerprint density at radius 2 is 2.05 bits per heavy atom. The Kier molecular flexibility index (Phi) is 4.36. The average molecular weight is 304 g/mol. The highest BCUT2D eigenvalue weighted by molar-refractivity contribution is 5.94. The van der Waals surface area contributed by atoms with Gasteiger partial charge in [0.15, 0.2) is 0 Å². The molecule has 1 aliphatic carbocycles. The molecule has 0 aliphatic heterocycles. The molecule has 2 rings (SSSR count). The van der Waals surface area contributed by atoms with Crippen LogP contribution in [-0.4, -0.2) is 40.1 Å². The van der Waals surface area contributed by atoms with Gasteiger partial charge < -0.3 is 15.0 Å². The van der Waals surface area contributed by atoms with E-state index in [4.69, 9.17) is 5.11 Å². The van der Waals surface area contributed by atoms with Crippen LogP contribution in [0.3, 0.4) is 0 Å². The van der Waals surface area contributed by atoms with E-state index in [1.165, 1.54) is 4.90 Å². The number of amides is 1. The summed E-state index contributed by atoms with van der Waals surface area (Å²) in [5.41, 5.74) is -2.61. The third-order valence-corrected chi connectivity index (χ3v) is 3.56. The molecular formula is C13H15F3N2O3. The summed E-state index contributed by atoms with van der Waals surface area (Å²) >= 11 is 0. The molecule has 1 aromatic heterocycles. The van der Waals surface area contributed by atoms with Crippen LogP contribution in [0.15, 0.2) is 16.9 Å². The van der Waals surface area contributed by atoms with E-state index in [9.17, 15) is 22.8 Å². The Morgan fingerprint density at radius 3 is 2.48 bits per heavy atom. The monoisotopic (exact) mass is 304 g/mol. The van der Waals surface area contributed by atoms with Crippen molar-refractivity contribution < 1.29 is 23.1 Å². The summed E-state index contributed by atoms with van der Waals surface area (Å²) in [6.45, 7) is -0.204. The van der Waals surface area contributed by atoms with Crippen molar-refractivity contribution in [1.29, 1.82) is 0 Å². The van der Waals surface area contributed by atoms with Crippen LogP contribution in [0.25, 0.3) is 0 Å². The van der Waals surface area contributed by atoms with Gasteiger partial charge in [-0.05, 0) is 31.4 Å². The van der Waals surface area contributed by atoms with Crippen molar-refractivity contribution >= 4 is 5.91 Å². The summed E-state index contributed by atoms with van der Waals surface area (Å²) in [4.78, 5) is 27.0. The van der Waals surface area contributed by atoms with Gasteiger partial charge in [-0.25, -0.2) is 0 Å². The van der Waals surface area contributed by atoms with E-state index in [1.54, 1.807) is 4.98 Å². The highest BCUT2D eigenvalue weighted by Crippen LogP contribution is 2.27. The highest BCUT2D eigenvalue weighted by Gasteiger charge is 2.34. The van der Waals surface area contributed by atoms with E-state index < -0.39 is 23.3 Å². The number of nitrogens with zero attached hydrogens (tertiary/aromatic N) is 1. The predicted molar refractivity (Wildman–Crippen MR) is 67.8 cm³/mol. The maximum Gasteiger partial charge on any atom is 0.431 e. The summed E-state index contributed by atoms with van der Waals surface area (Å²) in [5, 5.41) is 8.99. The molecule has 2 N–H and O–H groups in total. The van der Waals surface area contributed by atoms with Crippen LogP contribution in [0.1, 0.15) is 35.3 Å². The van der Waals surface area contributed by atoms with Gasteiger partial charge in [0, 0.05) is 12.6 Å². The van der Waals surface area contributed by atoms with Crippen molar-refractivity contribution in [2.75, 3.05) is 13.2 Å². The molecule has 116 valence electrons. The number of aliphatic hydroxyl groups is 1. The molecule has 0 radical (unpaired) electrons. The quantitative estimate of drug-likeness (QED) is 0.882. The predicted octanol–water partition coefficient (Wildman–Crippen LogP) is 1.38. The summed E-state index contributed by atoms with van der Waals surface area (Å²) in [7, 11) is 0. The minimum absolute atomic E-state index is 0.0595. The molecule has 1 heterocycles. The lowest BCUT2D eigenvalue weighted by Crippen LogP contribution is -2.47. The largest absolute Gasteiger partial charge is 0.431 e. The zero-order chi connectivity index (χ0) is 15.6. The van der Waals surface area contributed by atoms with Gasteiger partial charge in [-0.3, -0.25) is 9.59 Å². The molecule has 1 aromatic rings. The van der Waals surface area contributed by atoms with Crippen molar-refractivity contribution in [1.82, 2.24) is 9.88 Å². The van der Waals surface area contributed by atoms with Crippen LogP contribution < -0.4 is 5.56 Å². The number of alkyl halides is 3. The van der Waals surface area contributed by atoms with Gasteiger partial charge >= 0.3 is 6.18 Å². The summed E-state index contributed by atoms with van der Waals surface area (Å²) in [5.74, 6) is -0.649. The molecule has 0 saturated heterocycles. The molecule has 0 aromatic carbocycles. The van der Waals surface area contributed by atoms with Gasteiger partial charge in [0.2, 0.25) is 0 Å². The third-order valence-electron chi connectivity index (χ3n) is 3.56. The zero-order valence-corrected chi connectivity index (χ0v) is 11.1. The maximum atomic E-state index is 12.5. The second-order valence-corrected chi connectivity index (χ2v) is 4.92. The second-order valence-electron chi connectivity index (χ2n) is 4.92. The molecule has 1 aliphatic rings. The summed E-state index contributed by atoms with van der Waals surface area (Å²) < 4.78 is 37.4. The number of nitrogens with one attached hydrogen (secondary N) is 1. The number of rotatable bonds is 4. The lowest BCUT2D eigenvalue weighted by atomic mass is 9.91. The van der Waals surface area contributed by atoms with Crippen LogP contribution in [0.2, 0.25) is 0 Å². The highest BCUT2D eigenvalue weighted by atomic mass is 19.4. The molecule has 0 bridgehead atoms. The van der Waals surface area contributed by atoms with Crippen LogP contribution in [-0.2, 0) is 6.18 Å². The number of aromatic amines is 1. The number of halogens is 3. The van der Waals surface area contributed by atoms with Gasteiger partial charge in [-0.1, -0.05) is 0 Å². The van der Waals surface area contributed by atoms with Crippen molar-refractivity contribution in [3.63, 3.8) is 0 Å². The first-order chi connectivity index (χ1) is 9.84. The van der Waals surface area contributed by atoms with Crippen LogP contribution in [0, 0.1) is 0 Å². The summed E-state index contributed by atoms with van der Waals surface area (Å²) in [6.07, 6.45) is -2.18. The molecule has 21 heavy (non-hydrogen) atoms. The lowest BCUT2D eigenvalue weighted by molar-refractivity contribution is -0.141. The molecule has 5 nitrogen and oxygen atoms in total. The number of H-pyrrole nitrogens is 1. The third kappa shape index (κ3) is 3.26. The minimum Gasteiger partial charge on any atom is -0.395 e. The first-order valence-corrected chi connectivity index (χ1v) is 6.57. The van der Waals surface area contributed by atoms with E-state index in [1.807, 2.05) is 0 Å². The van der Waals surface area contributed by atoms with Gasteiger partial charge in [0.25, 0.3) is 11.5 Å². The Balaban J connectivity index is 2.27. The fourth-order valence-corrected chi connectivity index (χ4v) is 2.22. The number of hydrogen-bond acceptors (Lipinski definition) is 3. The molecule has 0 unspecified atom stereocenters. The van der Waals surface area contributed by atoms with E-state index in [2.05, 4.69) is 0 Å². The average Bonchev–Trinajstić information content (AvgIpc) is 2.34. The number of aromatic nitrogens is 1. The number of aliphatic hydroxyl groups excluding tert-OH is 1. The van der Waals surface area contributed by atoms with Crippen molar-refractivity contribution in [2.24, 2.45) is 0 Å². The number of pyridine rings is 1. The Morgan fingerprint density at radius 1 is 1.38 bits per heavy atom. The maximum absolute atomic E-state index is 12.5. The molecule has 1 saturated carbocycles. The first kappa shape index (κ1) is 15.6. The van der Waals surface area contributed by atoms with E-state index in [-0.39, 0.29) is 24.8 Å². The lowest BCUT2D eigenvalue weighted by Gasteiger charge is -2.37. The van der Waals surface area contributed by atoms with Crippen LogP contribution >= 0.6 is 0 Å². The number of carbonyl (C=O) groups excluding carboxylic acids is 1. The number of carbonyl (C=O) groups is 1. The van der Waals surface area contributed by atoms with E-state index in [0.717, 1.165) is 25.3 Å². The Labute approximate surface area is 118 Å². The fraction of sp³-hybridized carbons (Fsp3) is 0.538. The van der Waals surface area contributed by atoms with Crippen molar-refractivity contribution in [3.8, 4) is 0 Å². The smallest absolute Gasteiger partial charge is 0.395 e. The second kappa shape index (κ2) is 5.88. The minimum atomic E-state index is -4.67. The van der Waals surface area contributed by atoms with Gasteiger partial charge in [0.05, 0.1) is 6.61 Å². The van der Waals surface area contributed by atoms with Gasteiger partial charge in [-0.2, -0.15) is 13.2 Å². The SMILES string of the molecule is O=C(c1ccc(C(F)(F)F)[nH]c1=O)N(CCO)C1CCC1. The number of hydrogen-bond donors (Lipinski definition) is 2. The Hall–Kier alpha value is -1.83. The topological polar surface area (TPSA) is 73.4 Å². The molecule has 8 heteroatoms. The molecule has 0 atom stereocenters. The Bertz CT molecular complexity index is 579. The standard InChI is InChI=1S/C13H15F3N2O3/c14-13(15,16)10-5-4-9(11(20)17-10)12(21)18(6-7-19)8-2-1-3-8/h4-5,8,19H,1-3,6-7H2,(H,17,20). The molecule has 1 amide bonds. The normalized spacial score (nSPS) is 15.6. The molecular weight excluding hydrogens is 289 g/mol. The van der Waals surface area contributed by atoms with Crippen molar-refractivity contribution in [3.05, 3.63) is 33.7 Å². The van der Waals surface area contributed by atoms with E-state index in [0.29, 0.717) is 6.07 Å². The van der Waals surface area contributed by atoms with Gasteiger partial charge in [0.1, 0.15) is 11.3 Å². The van der Waals surface area contributed by atoms with Gasteiger partial charge in [-0.15, -0.1) is 0 Å². The van der Waals surface area contributed by atoms with Crippen LogP contribution in [0.5, 0.6) is 0 Å². The molecule has 0 spiro atoms. The summed E-state index contributed by atoms with van der Waals surface area (Å²) in [6, 6.07) is 1.49. The van der Waals surface area contributed by atoms with E-state index >= 15 is 0 Å². The first-order valence-electron chi connectivity index (χ1n) is 6.57. The van der Waals surface area contributed by atoms with Crippen molar-refractivity contribution in [2.45, 2.75) is 31.5 Å². The fourth-order valence-electron chi connectivity index (χ4n) is 2.22. The van der Waals surface area contributed by atoms with Crippen LogP contribution in [0.4, 0.5) is 13.2 Å².